The third-order valence-electron chi connectivity index (χ3n) is 12.0. The summed E-state index contributed by atoms with van der Waals surface area (Å²) in [6.07, 6.45) is 10.6. The molecule has 0 saturated carbocycles. The average Bonchev–Trinajstić information content (AvgIpc) is 3.33. The van der Waals surface area contributed by atoms with Gasteiger partial charge in [0.1, 0.15) is 36.1 Å². The van der Waals surface area contributed by atoms with Gasteiger partial charge in [-0.1, -0.05) is 198 Å². The molecule has 1 heterocycles. The third-order valence-corrected chi connectivity index (χ3v) is 12.0. The largest absolute Gasteiger partial charge is 0.444 e. The van der Waals surface area contributed by atoms with Gasteiger partial charge in [0.2, 0.25) is 0 Å². The van der Waals surface area contributed by atoms with Gasteiger partial charge in [0, 0.05) is 6.42 Å². The van der Waals surface area contributed by atoms with Gasteiger partial charge in [-0.3, -0.25) is 0 Å². The number of carbonyl (C=O) groups excluding carboxylic acids is 1. The Morgan fingerprint density at radius 3 is 1.52 bits per heavy atom. The first kappa shape index (κ1) is 53.4. The molecule has 2 N–H and O–H groups in total. The van der Waals surface area contributed by atoms with Crippen LogP contribution in [0.1, 0.15) is 140 Å². The molecule has 4 aromatic rings. The first-order chi connectivity index (χ1) is 32.7. The maximum atomic E-state index is 13.3. The zero-order chi connectivity index (χ0) is 47.4. The van der Waals surface area contributed by atoms with Crippen LogP contribution in [0.15, 0.2) is 121 Å². The molecular formula is C58H79NO8. The van der Waals surface area contributed by atoms with E-state index in [-0.39, 0.29) is 6.61 Å². The van der Waals surface area contributed by atoms with E-state index in [1.807, 2.05) is 142 Å². The molecule has 5 rings (SSSR count). The second-order valence-electron chi connectivity index (χ2n) is 18.9. The van der Waals surface area contributed by atoms with Crippen LogP contribution in [0.4, 0.5) is 4.79 Å². The second-order valence-corrected chi connectivity index (χ2v) is 18.9. The van der Waals surface area contributed by atoms with Crippen molar-refractivity contribution in [2.75, 3.05) is 6.61 Å². The van der Waals surface area contributed by atoms with E-state index in [9.17, 15) is 9.90 Å². The monoisotopic (exact) mass is 918 g/mol. The van der Waals surface area contributed by atoms with E-state index in [0.29, 0.717) is 45.7 Å². The minimum atomic E-state index is -1.13. The summed E-state index contributed by atoms with van der Waals surface area (Å²) in [5.41, 5.74) is 3.36. The van der Waals surface area contributed by atoms with Crippen LogP contribution in [0.2, 0.25) is 0 Å². The SMILES string of the molecule is CCCCCCCCCCCCCC#C[C@@H](O)[C@H](CC[C@@H]1O[C@H](COCc2ccccc2)[C@H](OCc2ccccc2)[C@H](OCc2ccccc2)[C@H]1OCc1ccccc1)NC(=O)OC(C)(C)C. The van der Waals surface area contributed by atoms with Gasteiger partial charge in [-0.2, -0.15) is 0 Å². The highest BCUT2D eigenvalue weighted by molar-refractivity contribution is 5.68. The fourth-order valence-corrected chi connectivity index (χ4v) is 8.38. The Balaban J connectivity index is 1.36. The Morgan fingerprint density at radius 1 is 0.612 bits per heavy atom. The maximum Gasteiger partial charge on any atom is 0.407 e. The van der Waals surface area contributed by atoms with Gasteiger partial charge in [-0.25, -0.2) is 4.79 Å². The van der Waals surface area contributed by atoms with Crippen molar-refractivity contribution in [3.63, 3.8) is 0 Å². The fraction of sp³-hybridized carbons (Fsp3) is 0.534. The molecule has 364 valence electrons. The predicted octanol–water partition coefficient (Wildman–Crippen LogP) is 12.5. The molecule has 67 heavy (non-hydrogen) atoms. The molecule has 9 heteroatoms. The average molecular weight is 918 g/mol. The molecule has 0 spiro atoms. The zero-order valence-corrected chi connectivity index (χ0v) is 40.8. The summed E-state index contributed by atoms with van der Waals surface area (Å²) in [5, 5.41) is 14.6. The molecule has 1 fully saturated rings. The van der Waals surface area contributed by atoms with Crippen LogP contribution in [0.3, 0.4) is 0 Å². The van der Waals surface area contributed by atoms with Crippen LogP contribution in [0.25, 0.3) is 0 Å². The normalized spacial score (nSPS) is 19.2. The zero-order valence-electron chi connectivity index (χ0n) is 40.8. The van der Waals surface area contributed by atoms with Crippen molar-refractivity contribution in [2.45, 2.75) is 192 Å². The van der Waals surface area contributed by atoms with E-state index in [1.54, 1.807) is 0 Å². The lowest BCUT2D eigenvalue weighted by Crippen LogP contribution is -2.61. The van der Waals surface area contributed by atoms with Crippen LogP contribution in [0.5, 0.6) is 0 Å². The van der Waals surface area contributed by atoms with Crippen LogP contribution in [0, 0.1) is 11.8 Å². The Bertz CT molecular complexity index is 1950. The number of aliphatic hydroxyl groups excluding tert-OH is 1. The lowest BCUT2D eigenvalue weighted by atomic mass is 9.90. The number of aliphatic hydroxyl groups is 1. The molecule has 7 atom stereocenters. The Labute approximate surface area is 402 Å². The third kappa shape index (κ3) is 21.1. The predicted molar refractivity (Wildman–Crippen MR) is 267 cm³/mol. The minimum absolute atomic E-state index is 0.230. The summed E-state index contributed by atoms with van der Waals surface area (Å²) in [7, 11) is 0. The van der Waals surface area contributed by atoms with Crippen LogP contribution in [-0.4, -0.2) is 66.1 Å². The molecule has 4 aromatic carbocycles. The number of nitrogens with one attached hydrogen (secondary N) is 1. The van der Waals surface area contributed by atoms with E-state index in [1.165, 1.54) is 57.8 Å². The van der Waals surface area contributed by atoms with E-state index in [0.717, 1.165) is 35.1 Å². The van der Waals surface area contributed by atoms with Gasteiger partial charge in [0.05, 0.1) is 45.2 Å². The number of hydrogen-bond donors (Lipinski definition) is 2. The summed E-state index contributed by atoms with van der Waals surface area (Å²) in [6.45, 7) is 9.31. The first-order valence-electron chi connectivity index (χ1n) is 25.1. The molecule has 1 saturated heterocycles. The smallest absolute Gasteiger partial charge is 0.407 e. The Kier molecular flexibility index (Phi) is 24.5. The van der Waals surface area contributed by atoms with Crippen molar-refractivity contribution in [1.82, 2.24) is 5.32 Å². The van der Waals surface area contributed by atoms with Crippen molar-refractivity contribution >= 4 is 6.09 Å². The first-order valence-corrected chi connectivity index (χ1v) is 25.1. The Hall–Kier alpha value is -4.53. The number of rotatable bonds is 29. The van der Waals surface area contributed by atoms with Crippen molar-refractivity contribution < 1.29 is 38.3 Å². The number of unbranched alkanes of at least 4 members (excludes halogenated alkanes) is 11. The highest BCUT2D eigenvalue weighted by Gasteiger charge is 2.48. The molecular weight excluding hydrogens is 839 g/mol. The molecule has 0 unspecified atom stereocenters. The number of carbonyl (C=O) groups is 1. The molecule has 1 aliphatic heterocycles. The van der Waals surface area contributed by atoms with Crippen molar-refractivity contribution in [2.24, 2.45) is 0 Å². The van der Waals surface area contributed by atoms with E-state index in [4.69, 9.17) is 28.4 Å². The minimum Gasteiger partial charge on any atom is -0.444 e. The van der Waals surface area contributed by atoms with Crippen molar-refractivity contribution in [3.8, 4) is 11.8 Å². The Morgan fingerprint density at radius 2 is 1.04 bits per heavy atom. The summed E-state index contributed by atoms with van der Waals surface area (Å²) < 4.78 is 39.9. The van der Waals surface area contributed by atoms with Crippen LogP contribution >= 0.6 is 0 Å². The van der Waals surface area contributed by atoms with Crippen LogP contribution in [-0.2, 0) is 54.8 Å². The lowest BCUT2D eigenvalue weighted by molar-refractivity contribution is -0.273. The quantitative estimate of drug-likeness (QED) is 0.0410. The van der Waals surface area contributed by atoms with E-state index in [2.05, 4.69) is 24.1 Å². The topological polar surface area (TPSA) is 105 Å². The number of amides is 1. The van der Waals surface area contributed by atoms with Crippen molar-refractivity contribution in [1.29, 1.82) is 0 Å². The van der Waals surface area contributed by atoms with Gasteiger partial charge in [-0.15, -0.1) is 5.92 Å². The van der Waals surface area contributed by atoms with E-state index >= 15 is 0 Å². The molecule has 0 radical (unpaired) electrons. The second kappa shape index (κ2) is 30.8. The van der Waals surface area contributed by atoms with Gasteiger partial charge in [-0.05, 0) is 62.3 Å². The van der Waals surface area contributed by atoms with E-state index < -0.39 is 54.4 Å². The summed E-state index contributed by atoms with van der Waals surface area (Å²) >= 11 is 0. The molecule has 1 aliphatic rings. The number of hydrogen-bond acceptors (Lipinski definition) is 8. The lowest BCUT2D eigenvalue weighted by Gasteiger charge is -2.46. The molecule has 0 aromatic heterocycles. The molecule has 1 amide bonds. The molecule has 0 aliphatic carbocycles. The van der Waals surface area contributed by atoms with Gasteiger partial charge in [0.25, 0.3) is 0 Å². The highest BCUT2D eigenvalue weighted by atomic mass is 16.6. The summed E-state index contributed by atoms with van der Waals surface area (Å²) in [5.74, 6) is 6.29. The van der Waals surface area contributed by atoms with Gasteiger partial charge >= 0.3 is 6.09 Å². The number of ether oxygens (including phenoxy) is 6. The number of benzene rings is 4. The summed E-state index contributed by atoms with van der Waals surface area (Å²) in [4.78, 5) is 13.3. The number of alkyl carbamates (subject to hydrolysis) is 1. The molecule has 0 bridgehead atoms. The van der Waals surface area contributed by atoms with Gasteiger partial charge in [0.15, 0.2) is 0 Å². The van der Waals surface area contributed by atoms with Crippen molar-refractivity contribution in [3.05, 3.63) is 144 Å². The fourth-order valence-electron chi connectivity index (χ4n) is 8.38. The summed E-state index contributed by atoms with van der Waals surface area (Å²) in [6, 6.07) is 39.5. The maximum absolute atomic E-state index is 13.3. The molecule has 9 nitrogen and oxygen atoms in total. The standard InChI is InChI=1S/C58H79NO8/c1-5-6-7-8-9-10-11-12-13-14-15-16-29-38-51(60)50(59-57(61)67-58(2,3)4)39-40-52-54(63-42-47-32-23-18-24-33-47)56(65-44-49-36-27-20-28-37-49)55(64-43-48-34-25-19-26-35-48)53(66-52)45-62-41-46-30-21-17-22-31-46/h17-28,30-37,50-56,60H,5-16,39-45H2,1-4H3,(H,59,61)/t50-,51+,52-,53+,54-,55-,56+/m0/s1. The van der Waals surface area contributed by atoms with Gasteiger partial charge < -0.3 is 38.8 Å². The van der Waals surface area contributed by atoms with Crippen LogP contribution < -0.4 is 5.32 Å². The highest BCUT2D eigenvalue weighted by Crippen LogP contribution is 2.33.